The number of esters is 1. The van der Waals surface area contributed by atoms with Crippen LogP contribution in [0.2, 0.25) is 0 Å². The number of carbonyl (C=O) groups excluding carboxylic acids is 1. The molecule has 0 radical (unpaired) electrons. The van der Waals surface area contributed by atoms with Crippen LogP contribution in [0.3, 0.4) is 0 Å². The molecule has 1 heterocycles. The van der Waals surface area contributed by atoms with Gasteiger partial charge in [0.15, 0.2) is 0 Å². The van der Waals surface area contributed by atoms with Crippen molar-refractivity contribution in [3.05, 3.63) is 51.7 Å². The van der Waals surface area contributed by atoms with Crippen LogP contribution >= 0.6 is 11.3 Å². The Balaban J connectivity index is 2.13. The van der Waals surface area contributed by atoms with Crippen LogP contribution in [-0.2, 0) is 20.9 Å². The standard InChI is InChI=1S/C18H20F3NO4S2/c1-11(14-9-10-15(27-14)16(23)26-17(2,3)4)22-28(24,25)13-7-5-12(6-8-13)18(19,20)21/h5-11,22H,1-4H3/t11-/m1/s1. The molecule has 0 bridgehead atoms. The summed E-state index contributed by atoms with van der Waals surface area (Å²) in [5.74, 6) is -0.512. The number of hydrogen-bond acceptors (Lipinski definition) is 5. The van der Waals surface area contributed by atoms with Crippen molar-refractivity contribution in [3.8, 4) is 0 Å². The molecule has 0 aliphatic heterocycles. The summed E-state index contributed by atoms with van der Waals surface area (Å²) in [6, 6.07) is 5.68. The van der Waals surface area contributed by atoms with Gasteiger partial charge < -0.3 is 4.74 Å². The quantitative estimate of drug-likeness (QED) is 0.688. The van der Waals surface area contributed by atoms with E-state index >= 15 is 0 Å². The van der Waals surface area contributed by atoms with Crippen LogP contribution in [0.25, 0.3) is 0 Å². The fourth-order valence-electron chi connectivity index (χ4n) is 2.21. The van der Waals surface area contributed by atoms with Crippen LogP contribution < -0.4 is 4.72 Å². The van der Waals surface area contributed by atoms with E-state index in [1.807, 2.05) is 0 Å². The van der Waals surface area contributed by atoms with Gasteiger partial charge in [-0.05, 0) is 64.1 Å². The highest BCUT2D eigenvalue weighted by Crippen LogP contribution is 2.30. The molecule has 1 aromatic heterocycles. The largest absolute Gasteiger partial charge is 0.456 e. The molecule has 1 N–H and O–H groups in total. The predicted octanol–water partition coefficient (Wildman–Crippen LogP) is 4.76. The second-order valence-electron chi connectivity index (χ2n) is 7.07. The number of hydrogen-bond donors (Lipinski definition) is 1. The summed E-state index contributed by atoms with van der Waals surface area (Å²) in [6.07, 6.45) is -4.54. The first kappa shape index (κ1) is 22.4. The number of rotatable bonds is 5. The molecule has 2 aromatic rings. The van der Waals surface area contributed by atoms with Crippen LogP contribution in [0.15, 0.2) is 41.3 Å². The molecule has 1 aromatic carbocycles. The summed E-state index contributed by atoms with van der Waals surface area (Å²) in [6.45, 7) is 6.78. The van der Waals surface area contributed by atoms with Crippen LogP contribution in [0.1, 0.15) is 53.8 Å². The lowest BCUT2D eigenvalue weighted by Crippen LogP contribution is -2.26. The highest BCUT2D eigenvalue weighted by Gasteiger charge is 2.31. The molecule has 0 unspecified atom stereocenters. The summed E-state index contributed by atoms with van der Waals surface area (Å²) in [7, 11) is -4.04. The number of alkyl halides is 3. The van der Waals surface area contributed by atoms with E-state index in [4.69, 9.17) is 4.74 Å². The zero-order valence-corrected chi connectivity index (χ0v) is 17.3. The summed E-state index contributed by atoms with van der Waals surface area (Å²) in [5.41, 5.74) is -1.59. The lowest BCUT2D eigenvalue weighted by Gasteiger charge is -2.18. The Kier molecular flexibility index (Phi) is 6.27. The molecule has 0 saturated carbocycles. The van der Waals surface area contributed by atoms with Crippen molar-refractivity contribution < 1.29 is 31.1 Å². The number of benzene rings is 1. The molecule has 0 saturated heterocycles. The first-order valence-corrected chi connectivity index (χ1v) is 10.5. The molecule has 1 atom stereocenters. The Morgan fingerprint density at radius 1 is 1.07 bits per heavy atom. The minimum Gasteiger partial charge on any atom is -0.456 e. The van der Waals surface area contributed by atoms with Crippen LogP contribution in [0, 0.1) is 0 Å². The van der Waals surface area contributed by atoms with E-state index in [2.05, 4.69) is 4.72 Å². The van der Waals surface area contributed by atoms with Crippen molar-refractivity contribution in [3.63, 3.8) is 0 Å². The normalized spacial score (nSPS) is 14.0. The van der Waals surface area contributed by atoms with Crippen LogP contribution in [0.4, 0.5) is 13.2 Å². The molecule has 28 heavy (non-hydrogen) atoms. The summed E-state index contributed by atoms with van der Waals surface area (Å²) < 4.78 is 70.4. The van der Waals surface area contributed by atoms with Crippen molar-refractivity contribution in [2.24, 2.45) is 0 Å². The van der Waals surface area contributed by atoms with Gasteiger partial charge in [0.2, 0.25) is 10.0 Å². The van der Waals surface area contributed by atoms with Gasteiger partial charge in [-0.1, -0.05) is 0 Å². The maximum atomic E-state index is 12.6. The lowest BCUT2D eigenvalue weighted by atomic mass is 10.2. The van der Waals surface area contributed by atoms with Gasteiger partial charge in [-0.3, -0.25) is 0 Å². The summed E-state index contributed by atoms with van der Waals surface area (Å²) in [4.78, 5) is 12.7. The Bertz CT molecular complexity index is 942. The molecule has 2 rings (SSSR count). The third-order valence-corrected chi connectivity index (χ3v) is 6.28. The average Bonchev–Trinajstić information content (AvgIpc) is 3.02. The highest BCUT2D eigenvalue weighted by molar-refractivity contribution is 7.89. The SMILES string of the molecule is C[C@@H](NS(=O)(=O)c1ccc(C(F)(F)F)cc1)c1ccc(C(=O)OC(C)(C)C)s1. The average molecular weight is 435 g/mol. The van der Waals surface area contributed by atoms with E-state index in [1.54, 1.807) is 33.8 Å². The van der Waals surface area contributed by atoms with Gasteiger partial charge in [0, 0.05) is 4.88 Å². The molecule has 10 heteroatoms. The third kappa shape index (κ3) is 5.79. The Hall–Kier alpha value is -1.91. The number of carbonyl (C=O) groups is 1. The summed E-state index contributed by atoms with van der Waals surface area (Å²) >= 11 is 1.08. The monoisotopic (exact) mass is 435 g/mol. The van der Waals surface area contributed by atoms with E-state index in [0.717, 1.165) is 23.5 Å². The van der Waals surface area contributed by atoms with Crippen molar-refractivity contribution >= 4 is 27.3 Å². The van der Waals surface area contributed by atoms with Crippen LogP contribution in [0.5, 0.6) is 0 Å². The molecule has 0 aliphatic carbocycles. The van der Waals surface area contributed by atoms with Gasteiger partial charge in [0.25, 0.3) is 0 Å². The predicted molar refractivity (Wildman–Crippen MR) is 99.7 cm³/mol. The fourth-order valence-corrected chi connectivity index (χ4v) is 4.39. The molecule has 0 amide bonds. The van der Waals surface area contributed by atoms with Gasteiger partial charge in [-0.25, -0.2) is 17.9 Å². The minimum absolute atomic E-state index is 0.281. The molecule has 154 valence electrons. The summed E-state index contributed by atoms with van der Waals surface area (Å²) in [5, 5.41) is 0. The van der Waals surface area contributed by atoms with Gasteiger partial charge in [0.1, 0.15) is 10.5 Å². The number of nitrogens with one attached hydrogen (secondary N) is 1. The zero-order valence-electron chi connectivity index (χ0n) is 15.6. The van der Waals surface area contributed by atoms with Crippen molar-refractivity contribution in [1.29, 1.82) is 0 Å². The van der Waals surface area contributed by atoms with Gasteiger partial charge in [0.05, 0.1) is 16.5 Å². The van der Waals surface area contributed by atoms with E-state index < -0.39 is 39.4 Å². The topological polar surface area (TPSA) is 72.5 Å². The van der Waals surface area contributed by atoms with E-state index in [0.29, 0.717) is 21.9 Å². The maximum absolute atomic E-state index is 12.6. The Morgan fingerprint density at radius 3 is 2.14 bits per heavy atom. The van der Waals surface area contributed by atoms with Crippen molar-refractivity contribution in [2.75, 3.05) is 0 Å². The minimum atomic E-state index is -4.54. The first-order valence-electron chi connectivity index (χ1n) is 8.22. The number of thiophene rings is 1. The van der Waals surface area contributed by atoms with Crippen molar-refractivity contribution in [2.45, 2.75) is 50.4 Å². The molecular formula is C18H20F3NO4S2. The number of halogens is 3. The van der Waals surface area contributed by atoms with Gasteiger partial charge in [-0.2, -0.15) is 13.2 Å². The zero-order chi connectivity index (χ0) is 21.3. The highest BCUT2D eigenvalue weighted by atomic mass is 32.2. The molecule has 0 fully saturated rings. The van der Waals surface area contributed by atoms with Crippen LogP contribution in [-0.4, -0.2) is 20.0 Å². The van der Waals surface area contributed by atoms with E-state index in [9.17, 15) is 26.4 Å². The lowest BCUT2D eigenvalue weighted by molar-refractivity contribution is -0.137. The van der Waals surface area contributed by atoms with E-state index in [1.165, 1.54) is 6.07 Å². The number of sulfonamides is 1. The Morgan fingerprint density at radius 2 is 1.64 bits per heavy atom. The molecular weight excluding hydrogens is 415 g/mol. The smallest absolute Gasteiger partial charge is 0.416 e. The number of ether oxygens (including phenoxy) is 1. The maximum Gasteiger partial charge on any atom is 0.416 e. The van der Waals surface area contributed by atoms with E-state index in [-0.39, 0.29) is 4.90 Å². The second-order valence-corrected chi connectivity index (χ2v) is 9.90. The Labute approximate surface area is 165 Å². The van der Waals surface area contributed by atoms with Gasteiger partial charge >= 0.3 is 12.1 Å². The third-order valence-electron chi connectivity index (χ3n) is 3.48. The molecule has 0 spiro atoms. The first-order chi connectivity index (χ1) is 12.7. The fraction of sp³-hybridized carbons (Fsp3) is 0.389. The van der Waals surface area contributed by atoms with Crippen molar-refractivity contribution in [1.82, 2.24) is 4.72 Å². The second kappa shape index (κ2) is 7.84. The molecule has 5 nitrogen and oxygen atoms in total. The molecule has 0 aliphatic rings. The van der Waals surface area contributed by atoms with Gasteiger partial charge in [-0.15, -0.1) is 11.3 Å².